The topological polar surface area (TPSA) is 14.8 Å². The fourth-order valence-corrected chi connectivity index (χ4v) is 7.88. The third kappa shape index (κ3) is 4.73. The van der Waals surface area contributed by atoms with Crippen LogP contribution in [0.4, 0.5) is 0 Å². The summed E-state index contributed by atoms with van der Waals surface area (Å²) in [6.45, 7) is 0. The van der Waals surface area contributed by atoms with Gasteiger partial charge in [0, 0.05) is 38.0 Å². The van der Waals surface area contributed by atoms with Gasteiger partial charge in [-0.2, -0.15) is 0 Å². The Morgan fingerprint density at radius 1 is 0.316 bits per heavy atom. The zero-order valence-corrected chi connectivity index (χ0v) is 29.3. The lowest BCUT2D eigenvalue weighted by molar-refractivity contribution is 1.13. The van der Waals surface area contributed by atoms with Gasteiger partial charge in [0.2, 0.25) is 0 Å². The number of hydrogen-bond donors (Lipinski definition) is 0. The van der Waals surface area contributed by atoms with E-state index in [4.69, 9.17) is 13.7 Å². The van der Waals surface area contributed by atoms with Gasteiger partial charge in [0.05, 0.1) is 74.6 Å². The van der Waals surface area contributed by atoms with Crippen LogP contribution in [0.3, 0.4) is 0 Å². The first-order valence-corrected chi connectivity index (χ1v) is 17.8. The van der Waals surface area contributed by atoms with E-state index in [0.29, 0.717) is 11.1 Å². The van der Waals surface area contributed by atoms with Crippen LogP contribution >= 0.6 is 0 Å². The molecule has 0 amide bonds. The predicted molar refractivity (Wildman–Crippen MR) is 240 cm³/mol. The molecule has 0 bridgehead atoms. The number of fused-ring (bicyclic) bond motifs is 9. The monoisotopic (exact) mass is 747 g/mol. The molecule has 3 aromatic heterocycles. The van der Waals surface area contributed by atoms with Gasteiger partial charge < -0.3 is 13.7 Å². The Morgan fingerprint density at radius 3 is 1.46 bits per heavy atom. The molecule has 0 radical (unpaired) electrons. The molecule has 57 heavy (non-hydrogen) atoms. The highest BCUT2D eigenvalue weighted by atomic mass is 15.1. The first kappa shape index (κ1) is 17.0. The van der Waals surface area contributed by atoms with Crippen LogP contribution in [0.2, 0.25) is 0 Å². The van der Waals surface area contributed by atoms with Gasteiger partial charge in [-0.05, 0) is 76.7 Å². The van der Waals surface area contributed by atoms with E-state index < -0.39 is 188 Å². The van der Waals surface area contributed by atoms with E-state index in [1.54, 1.807) is 24.3 Å². The zero-order valence-electron chi connectivity index (χ0n) is 51.3. The third-order valence-electron chi connectivity index (χ3n) is 10.3. The van der Waals surface area contributed by atoms with Crippen molar-refractivity contribution in [3.63, 3.8) is 0 Å². The zero-order chi connectivity index (χ0) is 56.6. The largest absolute Gasteiger partial charge is 0.309 e. The Morgan fingerprint density at radius 2 is 0.772 bits per heavy atom. The van der Waals surface area contributed by atoms with E-state index in [-0.39, 0.29) is 27.5 Å². The minimum atomic E-state index is -0.935. The molecule has 0 unspecified atom stereocenters. The highest BCUT2D eigenvalue weighted by Crippen LogP contribution is 2.43. The quantitative estimate of drug-likeness (QED) is 0.167. The Bertz CT molecular complexity index is 4710. The molecule has 3 heteroatoms. The lowest BCUT2D eigenvalue weighted by Gasteiger charge is -2.15. The van der Waals surface area contributed by atoms with Crippen molar-refractivity contribution >= 4 is 65.4 Å². The molecule has 12 rings (SSSR count). The minimum absolute atomic E-state index is 0.185. The summed E-state index contributed by atoms with van der Waals surface area (Å²) in [5.74, 6) is 0. The number of benzene rings is 9. The van der Waals surface area contributed by atoms with Crippen molar-refractivity contribution in [2.45, 2.75) is 0 Å². The summed E-state index contributed by atoms with van der Waals surface area (Å²) in [6.07, 6.45) is 0. The molecule has 9 aromatic carbocycles. The fraction of sp³-hybridized carbons (Fsp3) is 0. The molecule has 0 atom stereocenters. The van der Waals surface area contributed by atoms with Gasteiger partial charge in [0.1, 0.15) is 0 Å². The second kappa shape index (κ2) is 12.5. The molecule has 3 heterocycles. The highest BCUT2D eigenvalue weighted by Gasteiger charge is 2.23. The average molecular weight is 748 g/mol. The van der Waals surface area contributed by atoms with Gasteiger partial charge in [-0.15, -0.1) is 0 Å². The Balaban J connectivity index is 1.33. The average Bonchev–Trinajstić information content (AvgIpc) is 2.27. The van der Waals surface area contributed by atoms with Crippen molar-refractivity contribution in [1.82, 2.24) is 13.7 Å². The van der Waals surface area contributed by atoms with Crippen molar-refractivity contribution in [2.75, 3.05) is 0 Å². The number of aromatic nitrogens is 3. The molecule has 0 aliphatic rings. The Labute approximate surface area is 360 Å². The molecule has 0 N–H and O–H groups in total. The van der Waals surface area contributed by atoms with Crippen LogP contribution in [-0.2, 0) is 0 Å². The summed E-state index contributed by atoms with van der Waals surface area (Å²) in [4.78, 5) is 0. The molecule has 0 saturated heterocycles. The smallest absolute Gasteiger partial charge is 0.0782 e. The normalized spacial score (nSPS) is 17.3. The van der Waals surface area contributed by atoms with E-state index in [1.165, 1.54) is 4.57 Å². The van der Waals surface area contributed by atoms with Crippen LogP contribution in [0.1, 0.15) is 30.2 Å². The Kier molecular flexibility index (Phi) is 3.72. The van der Waals surface area contributed by atoms with Gasteiger partial charge in [0.25, 0.3) is 0 Å². The fourth-order valence-electron chi connectivity index (χ4n) is 7.88. The molecule has 12 aromatic rings. The van der Waals surface area contributed by atoms with Crippen LogP contribution in [0.15, 0.2) is 212 Å². The van der Waals surface area contributed by atoms with Crippen LogP contribution in [-0.4, -0.2) is 13.7 Å². The predicted octanol–water partition coefficient (Wildman–Crippen LogP) is 14.3. The third-order valence-corrected chi connectivity index (χ3v) is 10.3. The van der Waals surface area contributed by atoms with Gasteiger partial charge in [-0.25, -0.2) is 0 Å². The first-order valence-electron chi connectivity index (χ1n) is 28.8. The second-order valence-corrected chi connectivity index (χ2v) is 13.3. The summed E-state index contributed by atoms with van der Waals surface area (Å²) in [6, 6.07) is 6.67. The number of para-hydroxylation sites is 5. The van der Waals surface area contributed by atoms with E-state index in [9.17, 15) is 16.4 Å². The van der Waals surface area contributed by atoms with Crippen LogP contribution < -0.4 is 0 Å². The van der Waals surface area contributed by atoms with Gasteiger partial charge >= 0.3 is 0 Å². The molecule has 0 spiro atoms. The molecule has 0 saturated carbocycles. The molecule has 3 nitrogen and oxygen atoms in total. The van der Waals surface area contributed by atoms with Crippen molar-refractivity contribution in [1.29, 1.82) is 0 Å². The van der Waals surface area contributed by atoms with Crippen molar-refractivity contribution in [3.8, 4) is 39.3 Å². The maximum atomic E-state index is 9.90. The standard InChI is InChI=1S/C54H35N3/c1-2-15-36(16-3-1)37-31-33-38(34-32-37)39-17-12-18-40(35-39)55-46-24-8-6-21-43(46)44-23-13-30-52(54(44)55)57-49-27-11-7-22-45(49)53-50(28-14-29-51(53)57)56-47-25-9-4-19-41(47)42-20-5-10-26-48(42)56/h1-35H/i4D,5D,6D,7D,8D,9D,10D,11D,13D,14D,19D,20D,21D,22D,23D,24D,25D,26D,27D,28D,29D,30D. The molecule has 0 aliphatic heterocycles. The van der Waals surface area contributed by atoms with Gasteiger partial charge in [-0.3, -0.25) is 0 Å². The van der Waals surface area contributed by atoms with E-state index in [1.807, 2.05) is 54.6 Å². The maximum absolute atomic E-state index is 9.90. The lowest BCUT2D eigenvalue weighted by Crippen LogP contribution is -2.01. The van der Waals surface area contributed by atoms with Gasteiger partial charge in [0.15, 0.2) is 0 Å². The summed E-state index contributed by atoms with van der Waals surface area (Å²) in [5, 5.41) is -2.42. The van der Waals surface area contributed by atoms with Crippen molar-refractivity contribution in [2.24, 2.45) is 0 Å². The van der Waals surface area contributed by atoms with E-state index >= 15 is 0 Å². The summed E-state index contributed by atoms with van der Waals surface area (Å²) in [5.41, 5.74) is -0.426. The minimum Gasteiger partial charge on any atom is -0.309 e. The summed E-state index contributed by atoms with van der Waals surface area (Å²) >= 11 is 0. The van der Waals surface area contributed by atoms with Crippen LogP contribution in [0.25, 0.3) is 105 Å². The molecular weight excluding hydrogens is 691 g/mol. The second-order valence-electron chi connectivity index (χ2n) is 13.3. The van der Waals surface area contributed by atoms with E-state index in [2.05, 4.69) is 0 Å². The highest BCUT2D eigenvalue weighted by molar-refractivity contribution is 6.18. The SMILES string of the molecule is [2H]c1c([2H])c([2H])c2c(c1[2H])c1c([2H])c([2H])c([2H])c(-n3c4c([2H])c([2H])c([2H])c([2H])c4c4c(-n5c6c([2H])c([2H])c([2H])c([2H])c6c6c([2H])c([2H])c([2H])c([2H])c65)c([2H])c([2H])c([2H])c43)c1n2-c1cccc(-c2ccc(-c3ccccc3)cc2)c1. The number of hydrogen-bond acceptors (Lipinski definition) is 0. The molecular formula is C54H35N3. The lowest BCUT2D eigenvalue weighted by atomic mass is 10.00. The molecule has 0 fully saturated rings. The van der Waals surface area contributed by atoms with Crippen molar-refractivity contribution < 1.29 is 30.2 Å². The maximum Gasteiger partial charge on any atom is 0.0782 e. The summed E-state index contributed by atoms with van der Waals surface area (Å²) in [7, 11) is 0. The molecule has 266 valence electrons. The van der Waals surface area contributed by atoms with E-state index in [0.717, 1.165) is 20.3 Å². The van der Waals surface area contributed by atoms with Gasteiger partial charge in [-0.1, -0.05) is 157 Å². The van der Waals surface area contributed by atoms with Crippen molar-refractivity contribution in [3.05, 3.63) is 212 Å². The Hall–Kier alpha value is -7.62. The number of nitrogens with zero attached hydrogens (tertiary/aromatic N) is 3. The van der Waals surface area contributed by atoms with Crippen LogP contribution in [0.5, 0.6) is 0 Å². The molecule has 0 aliphatic carbocycles. The number of rotatable bonds is 5. The van der Waals surface area contributed by atoms with Crippen LogP contribution in [0, 0.1) is 0 Å². The first-order chi connectivity index (χ1) is 37.5. The summed E-state index contributed by atoms with van der Waals surface area (Å²) < 4.78 is 207.